The number of halogens is 1. The molecule has 2 aromatic carbocycles. The number of hydrogen-bond acceptors (Lipinski definition) is 15. The van der Waals surface area contributed by atoms with Crippen molar-refractivity contribution in [1.29, 1.82) is 0 Å². The van der Waals surface area contributed by atoms with Gasteiger partial charge in [0.1, 0.15) is 41.0 Å². The van der Waals surface area contributed by atoms with Gasteiger partial charge in [0, 0.05) is 44.6 Å². The molecular formula is C52H59ClN12O9S3. The number of hydrogen-bond donors (Lipinski definition) is 8. The monoisotopic (exact) mass is 1130 g/mol. The number of carbonyl (C=O) groups is 8. The smallest absolute Gasteiger partial charge is 0.264 e. The number of nitrogens with one attached hydrogen (secondary N) is 6. The molecule has 0 bridgehead atoms. The van der Waals surface area contributed by atoms with Crippen LogP contribution in [0.3, 0.4) is 0 Å². The second kappa shape index (κ2) is 23.3. The van der Waals surface area contributed by atoms with E-state index in [1.54, 1.807) is 64.1 Å². The van der Waals surface area contributed by atoms with Gasteiger partial charge in [0.25, 0.3) is 5.91 Å². The lowest BCUT2D eigenvalue weighted by molar-refractivity contribution is -0.144. The minimum Gasteiger partial charge on any atom is -0.391 e. The molecular weight excluding hydrogens is 1070 g/mol. The highest BCUT2D eigenvalue weighted by molar-refractivity contribution is 8.00. The molecule has 6 heterocycles. The molecule has 7 atom stereocenters. The lowest BCUT2D eigenvalue weighted by atomic mass is 9.85. The Hall–Kier alpha value is -6.99. The summed E-state index contributed by atoms with van der Waals surface area (Å²) in [7, 11) is 0. The van der Waals surface area contributed by atoms with Crippen LogP contribution in [0.4, 0.5) is 0 Å². The number of aliphatic hydroxyl groups is 1. The predicted octanol–water partition coefficient (Wildman–Crippen LogP) is 2.97. The van der Waals surface area contributed by atoms with Gasteiger partial charge in [0.2, 0.25) is 41.4 Å². The van der Waals surface area contributed by atoms with E-state index in [4.69, 9.17) is 22.3 Å². The number of carbonyl (C=O) groups excluding carboxylic acids is 8. The third kappa shape index (κ3) is 12.6. The van der Waals surface area contributed by atoms with Crippen molar-refractivity contribution >= 4 is 99.0 Å². The minimum atomic E-state index is -1.89. The lowest BCUT2D eigenvalue weighted by Gasteiger charge is -2.35. The molecule has 8 amide bonds. The van der Waals surface area contributed by atoms with Gasteiger partial charge in [-0.15, -0.1) is 44.6 Å². The Morgan fingerprint density at radius 2 is 1.57 bits per heavy atom. The number of fused-ring (bicyclic) bond motifs is 4. The number of rotatable bonds is 7. The molecule has 2 saturated heterocycles. The number of nitrogens with zero attached hydrogens (tertiary/aromatic N) is 5. The van der Waals surface area contributed by atoms with Gasteiger partial charge in [-0.3, -0.25) is 47.9 Å². The van der Waals surface area contributed by atoms with Crippen LogP contribution in [0.15, 0.2) is 65.0 Å². The zero-order chi connectivity index (χ0) is 55.6. The Bertz CT molecular complexity index is 3170. The second-order valence-corrected chi connectivity index (χ2v) is 23.7. The van der Waals surface area contributed by atoms with E-state index >= 15 is 0 Å². The average Bonchev–Trinajstić information content (AvgIpc) is 4.24. The lowest BCUT2D eigenvalue weighted by Crippen LogP contribution is -2.61. The molecule has 77 heavy (non-hydrogen) atoms. The summed E-state index contributed by atoms with van der Waals surface area (Å²) in [6.07, 6.45) is -3.62. The van der Waals surface area contributed by atoms with Crippen LogP contribution >= 0.6 is 46.0 Å². The standard InChI is InChI=1S/C52H59ClN12O9S3/c1-24-16-17-76-42(24)30-10-8-29(9-11-30)41-48(72)55-20-37(68)60-45(49(73)57-34(44(54)70)22-75-23-38(69)58-43(52(5,6)7)50(74)64-21-32(66)18-35(64)47(71)61-41)59-36(67)19-33-46-63-62-27(4)65(46)51-39(25(2)26(3)77-51)40(56-33)28-12-14-31(53)15-13-28/h8-17,32-35,41,43,45,66H,18-23H2,1-7H3,(H2,54,70)(H,55,72)(H,57,73)(H,58,69)(H,59,67)(H,60,68)(H,61,71)/t32-,33+,34-,35+,41-,43-,45-/m1/s1. The third-order valence-corrected chi connectivity index (χ3v) is 17.0. The topological polar surface area (TPSA) is 301 Å². The summed E-state index contributed by atoms with van der Waals surface area (Å²) in [6.45, 7) is 11.8. The summed E-state index contributed by atoms with van der Waals surface area (Å²) in [5.74, 6) is -6.53. The van der Waals surface area contributed by atoms with Gasteiger partial charge >= 0.3 is 0 Å². The first-order valence-corrected chi connectivity index (χ1v) is 27.8. The molecule has 9 N–H and O–H groups in total. The molecule has 0 spiro atoms. The first kappa shape index (κ1) is 56.2. The van der Waals surface area contributed by atoms with Crippen LogP contribution in [0.2, 0.25) is 5.02 Å². The van der Waals surface area contributed by atoms with E-state index in [1.165, 1.54) is 27.6 Å². The molecule has 5 aromatic rings. The Kier molecular flexibility index (Phi) is 17.0. The van der Waals surface area contributed by atoms with Crippen LogP contribution in [-0.2, 0) is 38.4 Å². The first-order valence-electron chi connectivity index (χ1n) is 24.6. The number of primary amides is 1. The van der Waals surface area contributed by atoms with E-state index in [1.807, 2.05) is 48.9 Å². The molecule has 2 fully saturated rings. The van der Waals surface area contributed by atoms with Crippen molar-refractivity contribution in [1.82, 2.24) is 51.6 Å². The highest BCUT2D eigenvalue weighted by atomic mass is 35.5. The van der Waals surface area contributed by atoms with Crippen molar-refractivity contribution in [3.63, 3.8) is 0 Å². The summed E-state index contributed by atoms with van der Waals surface area (Å²) >= 11 is 10.2. The second-order valence-electron chi connectivity index (χ2n) is 20.1. The van der Waals surface area contributed by atoms with Crippen LogP contribution in [0.5, 0.6) is 0 Å². The molecule has 3 aliphatic rings. The Balaban J connectivity index is 1.11. The minimum absolute atomic E-state index is 0.181. The molecule has 25 heteroatoms. The summed E-state index contributed by atoms with van der Waals surface area (Å²) in [5.41, 5.74) is 10.0. The van der Waals surface area contributed by atoms with Crippen molar-refractivity contribution < 1.29 is 43.5 Å². The van der Waals surface area contributed by atoms with E-state index in [2.05, 4.69) is 42.1 Å². The molecule has 21 nitrogen and oxygen atoms in total. The van der Waals surface area contributed by atoms with Crippen LogP contribution in [0.25, 0.3) is 15.4 Å². The maximum absolute atomic E-state index is 14.4. The van der Waals surface area contributed by atoms with Crippen molar-refractivity contribution in [2.45, 2.75) is 104 Å². The fraction of sp³-hybridized carbons (Fsp3) is 0.404. The van der Waals surface area contributed by atoms with Crippen molar-refractivity contribution in [3.05, 3.63) is 109 Å². The van der Waals surface area contributed by atoms with E-state index < -0.39 is 108 Å². The molecule has 406 valence electrons. The normalized spacial score (nSPS) is 23.1. The van der Waals surface area contributed by atoms with E-state index in [9.17, 15) is 43.5 Å². The fourth-order valence-electron chi connectivity index (χ4n) is 9.25. The zero-order valence-corrected chi connectivity index (χ0v) is 46.4. The summed E-state index contributed by atoms with van der Waals surface area (Å²) in [4.78, 5) is 121. The molecule has 0 unspecified atom stereocenters. The van der Waals surface area contributed by atoms with Crippen LogP contribution < -0.4 is 37.6 Å². The van der Waals surface area contributed by atoms with Crippen molar-refractivity contribution in [2.75, 3.05) is 24.6 Å². The van der Waals surface area contributed by atoms with Gasteiger partial charge < -0.3 is 47.6 Å². The number of aromatic nitrogens is 3. The SMILES string of the molecule is Cc1ccsc1-c1ccc([C@H]2NC(=O)[C@@H]3C[C@@H](O)CN3C(=O)[C@H](C(C)(C)C)NC(=O)CSC[C@H](C(N)=O)NC(=O)[C@H](NC(=O)C[C@@H]3N=C(c4ccc(Cl)cc4)c4c(sc(C)c4C)-n4c(C)nnc43)NC(=O)CNC2=O)cc1. The van der Waals surface area contributed by atoms with Crippen molar-refractivity contribution in [2.24, 2.45) is 16.1 Å². The molecule has 0 saturated carbocycles. The number of thioether (sulfide) groups is 1. The Morgan fingerprint density at radius 3 is 2.23 bits per heavy atom. The summed E-state index contributed by atoms with van der Waals surface area (Å²) in [5, 5.41) is 38.4. The van der Waals surface area contributed by atoms with Gasteiger partial charge in [-0.25, -0.2) is 0 Å². The van der Waals surface area contributed by atoms with Gasteiger partial charge in [-0.2, -0.15) is 0 Å². The predicted molar refractivity (Wildman–Crippen MR) is 292 cm³/mol. The summed E-state index contributed by atoms with van der Waals surface area (Å²) in [6, 6.07) is 9.49. The molecule has 0 aliphatic carbocycles. The van der Waals surface area contributed by atoms with Crippen LogP contribution in [-0.4, -0.2) is 133 Å². The number of aryl methyl sites for hydroxylation is 3. The Labute approximate surface area is 461 Å². The first-order chi connectivity index (χ1) is 36.5. The van der Waals surface area contributed by atoms with Gasteiger partial charge in [-0.1, -0.05) is 68.8 Å². The highest BCUT2D eigenvalue weighted by Gasteiger charge is 2.45. The van der Waals surface area contributed by atoms with Crippen LogP contribution in [0.1, 0.15) is 90.0 Å². The fourth-order valence-corrected chi connectivity index (χ4v) is 12.4. The molecule has 3 aliphatic heterocycles. The number of nitrogens with two attached hydrogens (primary N) is 1. The largest absolute Gasteiger partial charge is 0.391 e. The molecule has 8 rings (SSSR count). The highest BCUT2D eigenvalue weighted by Crippen LogP contribution is 2.40. The third-order valence-electron chi connectivity index (χ3n) is 13.4. The van der Waals surface area contributed by atoms with Gasteiger partial charge in [0.05, 0.1) is 30.5 Å². The maximum atomic E-state index is 14.4. The molecule has 0 radical (unpaired) electrons. The van der Waals surface area contributed by atoms with Gasteiger partial charge in [0.15, 0.2) is 12.0 Å². The van der Waals surface area contributed by atoms with Gasteiger partial charge in [-0.05, 0) is 78.9 Å². The number of aliphatic imine (C=N–C) groups is 1. The number of amides is 8. The number of thiophene rings is 2. The summed E-state index contributed by atoms with van der Waals surface area (Å²) < 4.78 is 1.84. The van der Waals surface area contributed by atoms with E-state index in [0.717, 1.165) is 48.8 Å². The average molecular weight is 1130 g/mol. The number of aliphatic hydroxyl groups excluding tert-OH is 1. The Morgan fingerprint density at radius 1 is 0.870 bits per heavy atom. The van der Waals surface area contributed by atoms with E-state index in [0.29, 0.717) is 33.5 Å². The van der Waals surface area contributed by atoms with Crippen molar-refractivity contribution in [3.8, 4) is 15.4 Å². The molecule has 3 aromatic heterocycles. The maximum Gasteiger partial charge on any atom is 0.264 e. The number of benzene rings is 2. The van der Waals surface area contributed by atoms with E-state index in [-0.39, 0.29) is 24.5 Å². The zero-order valence-electron chi connectivity index (χ0n) is 43.2. The quantitative estimate of drug-likeness (QED) is 0.117. The van der Waals surface area contributed by atoms with Crippen LogP contribution in [0, 0.1) is 33.1 Å².